The van der Waals surface area contributed by atoms with Crippen molar-refractivity contribution in [2.45, 2.75) is 26.3 Å². The molecule has 1 aromatic heterocycles. The number of aromatic nitrogens is 3. The van der Waals surface area contributed by atoms with Crippen LogP contribution >= 0.6 is 0 Å². The fourth-order valence-electron chi connectivity index (χ4n) is 1.57. The van der Waals surface area contributed by atoms with Gasteiger partial charge in [-0.15, -0.1) is 0 Å². The Labute approximate surface area is 105 Å². The molecule has 0 spiro atoms. The number of carbonyl (C=O) groups excluding carboxylic acids is 2. The highest BCUT2D eigenvalue weighted by molar-refractivity contribution is 5.95. The topological polar surface area (TPSA) is 83.3 Å². The Morgan fingerprint density at radius 1 is 1.33 bits per heavy atom. The van der Waals surface area contributed by atoms with Crippen LogP contribution < -0.4 is 0 Å². The highest BCUT2D eigenvalue weighted by atomic mass is 16.5. The Kier molecular flexibility index (Phi) is 5.29. The zero-order valence-electron chi connectivity index (χ0n) is 10.8. The lowest BCUT2D eigenvalue weighted by Gasteiger charge is -2.12. The van der Waals surface area contributed by atoms with E-state index in [4.69, 9.17) is 0 Å². The van der Waals surface area contributed by atoms with E-state index >= 15 is 0 Å². The van der Waals surface area contributed by atoms with E-state index in [-0.39, 0.29) is 6.42 Å². The fraction of sp³-hybridized carbons (Fsp3) is 0.636. The Bertz CT molecular complexity index is 400. The molecule has 0 unspecified atom stereocenters. The normalized spacial score (nSPS) is 10.4. The van der Waals surface area contributed by atoms with Gasteiger partial charge in [0.25, 0.3) is 0 Å². The van der Waals surface area contributed by atoms with Gasteiger partial charge in [-0.2, -0.15) is 5.10 Å². The maximum atomic E-state index is 11.5. The summed E-state index contributed by atoms with van der Waals surface area (Å²) in [6, 6.07) is 0. The number of rotatable bonds is 6. The summed E-state index contributed by atoms with van der Waals surface area (Å²) in [4.78, 5) is 27.1. The van der Waals surface area contributed by atoms with Crippen molar-refractivity contribution in [3.05, 3.63) is 12.2 Å². The molecule has 7 heteroatoms. The summed E-state index contributed by atoms with van der Waals surface area (Å²) in [5, 5.41) is 4.03. The molecule has 100 valence electrons. The molecule has 0 saturated carbocycles. The molecule has 0 aliphatic heterocycles. The minimum atomic E-state index is -1.00. The molecule has 0 aliphatic rings. The molecule has 7 nitrogen and oxygen atoms in total. The van der Waals surface area contributed by atoms with Crippen molar-refractivity contribution < 1.29 is 19.1 Å². The first-order chi connectivity index (χ1) is 8.63. The van der Waals surface area contributed by atoms with Crippen molar-refractivity contribution in [1.29, 1.82) is 0 Å². The molecule has 18 heavy (non-hydrogen) atoms. The van der Waals surface area contributed by atoms with Crippen LogP contribution in [0.4, 0.5) is 0 Å². The van der Waals surface area contributed by atoms with Crippen molar-refractivity contribution in [1.82, 2.24) is 14.8 Å². The van der Waals surface area contributed by atoms with Crippen molar-refractivity contribution in [2.24, 2.45) is 5.92 Å². The van der Waals surface area contributed by atoms with E-state index in [0.29, 0.717) is 12.4 Å². The lowest BCUT2D eigenvalue weighted by atomic mass is 10.1. The van der Waals surface area contributed by atoms with Gasteiger partial charge in [-0.1, -0.05) is 6.92 Å². The maximum Gasteiger partial charge on any atom is 0.320 e. The van der Waals surface area contributed by atoms with Gasteiger partial charge in [-0.3, -0.25) is 14.3 Å². The SMILES string of the molecule is CCCn1ncnc1CC(C(=O)OC)C(=O)OC. The molecule has 0 atom stereocenters. The predicted molar refractivity (Wildman–Crippen MR) is 61.5 cm³/mol. The number of aryl methyl sites for hydroxylation is 1. The summed E-state index contributed by atoms with van der Waals surface area (Å²) >= 11 is 0. The fourth-order valence-corrected chi connectivity index (χ4v) is 1.57. The molecule has 0 aliphatic carbocycles. The highest BCUT2D eigenvalue weighted by Crippen LogP contribution is 2.10. The summed E-state index contributed by atoms with van der Waals surface area (Å²) in [7, 11) is 2.46. The minimum Gasteiger partial charge on any atom is -0.468 e. The van der Waals surface area contributed by atoms with Crippen LogP contribution in [0.25, 0.3) is 0 Å². The third kappa shape index (κ3) is 3.28. The smallest absolute Gasteiger partial charge is 0.320 e. The number of hydrogen-bond donors (Lipinski definition) is 0. The predicted octanol–water partition coefficient (Wildman–Crippen LogP) is 0.193. The van der Waals surface area contributed by atoms with E-state index in [9.17, 15) is 9.59 Å². The largest absolute Gasteiger partial charge is 0.468 e. The minimum absolute atomic E-state index is 0.124. The molecule has 0 amide bonds. The summed E-state index contributed by atoms with van der Waals surface area (Å²) in [5.41, 5.74) is 0. The molecular formula is C11H17N3O4. The van der Waals surface area contributed by atoms with Gasteiger partial charge in [-0.25, -0.2) is 4.98 Å². The lowest BCUT2D eigenvalue weighted by Crippen LogP contribution is -2.29. The maximum absolute atomic E-state index is 11.5. The molecule has 0 bridgehead atoms. The van der Waals surface area contributed by atoms with Crippen LogP contribution in [0, 0.1) is 5.92 Å². The van der Waals surface area contributed by atoms with Crippen molar-refractivity contribution >= 4 is 11.9 Å². The number of hydrogen-bond acceptors (Lipinski definition) is 6. The molecule has 1 rings (SSSR count). The zero-order valence-corrected chi connectivity index (χ0v) is 10.8. The van der Waals surface area contributed by atoms with Crippen molar-refractivity contribution in [3.63, 3.8) is 0 Å². The quantitative estimate of drug-likeness (QED) is 0.533. The van der Waals surface area contributed by atoms with Gasteiger partial charge < -0.3 is 9.47 Å². The van der Waals surface area contributed by atoms with Gasteiger partial charge in [0.2, 0.25) is 0 Å². The molecule has 0 aromatic carbocycles. The molecule has 1 aromatic rings. The third-order valence-corrected chi connectivity index (χ3v) is 2.49. The molecular weight excluding hydrogens is 238 g/mol. The second kappa shape index (κ2) is 6.73. The first-order valence-electron chi connectivity index (χ1n) is 5.66. The van der Waals surface area contributed by atoms with E-state index in [1.807, 2.05) is 6.92 Å². The number of methoxy groups -OCH3 is 2. The summed E-state index contributed by atoms with van der Waals surface area (Å²) < 4.78 is 10.8. The number of carbonyl (C=O) groups is 2. The van der Waals surface area contributed by atoms with Crippen LogP contribution in [0.5, 0.6) is 0 Å². The van der Waals surface area contributed by atoms with Crippen LogP contribution in [0.2, 0.25) is 0 Å². The summed E-state index contributed by atoms with van der Waals surface area (Å²) in [6.45, 7) is 2.69. The molecule has 0 radical (unpaired) electrons. The van der Waals surface area contributed by atoms with Crippen LogP contribution in [-0.4, -0.2) is 40.9 Å². The molecule has 0 fully saturated rings. The van der Waals surface area contributed by atoms with Gasteiger partial charge in [0, 0.05) is 13.0 Å². The number of nitrogens with zero attached hydrogens (tertiary/aromatic N) is 3. The van der Waals surface area contributed by atoms with Gasteiger partial charge >= 0.3 is 11.9 Å². The monoisotopic (exact) mass is 255 g/mol. The molecule has 0 saturated heterocycles. The lowest BCUT2D eigenvalue weighted by molar-refractivity contribution is -0.158. The van der Waals surface area contributed by atoms with E-state index < -0.39 is 17.9 Å². The molecule has 0 N–H and O–H groups in total. The van der Waals surface area contributed by atoms with Crippen LogP contribution in [-0.2, 0) is 32.0 Å². The van der Waals surface area contributed by atoms with E-state index in [1.54, 1.807) is 4.68 Å². The van der Waals surface area contributed by atoms with E-state index in [1.165, 1.54) is 20.5 Å². The Balaban J connectivity index is 2.85. The second-order valence-corrected chi connectivity index (χ2v) is 3.70. The van der Waals surface area contributed by atoms with E-state index in [2.05, 4.69) is 19.6 Å². The van der Waals surface area contributed by atoms with Crippen LogP contribution in [0.1, 0.15) is 19.2 Å². The third-order valence-electron chi connectivity index (χ3n) is 2.49. The Hall–Kier alpha value is -1.92. The van der Waals surface area contributed by atoms with Crippen LogP contribution in [0.3, 0.4) is 0 Å². The van der Waals surface area contributed by atoms with Gasteiger partial charge in [0.15, 0.2) is 5.92 Å². The average Bonchev–Trinajstić information content (AvgIpc) is 2.82. The first-order valence-corrected chi connectivity index (χ1v) is 5.66. The van der Waals surface area contributed by atoms with Crippen molar-refractivity contribution in [2.75, 3.05) is 14.2 Å². The number of ether oxygens (including phenoxy) is 2. The Morgan fingerprint density at radius 2 is 1.94 bits per heavy atom. The number of esters is 2. The Morgan fingerprint density at radius 3 is 2.44 bits per heavy atom. The molecule has 1 heterocycles. The highest BCUT2D eigenvalue weighted by Gasteiger charge is 2.30. The second-order valence-electron chi connectivity index (χ2n) is 3.70. The first kappa shape index (κ1) is 14.1. The van der Waals surface area contributed by atoms with Gasteiger partial charge in [0.1, 0.15) is 12.2 Å². The van der Waals surface area contributed by atoms with Gasteiger partial charge in [-0.05, 0) is 6.42 Å². The van der Waals surface area contributed by atoms with Crippen molar-refractivity contribution in [3.8, 4) is 0 Å². The summed E-state index contributed by atoms with van der Waals surface area (Å²) in [6.07, 6.45) is 2.41. The zero-order chi connectivity index (χ0) is 13.5. The standard InChI is InChI=1S/C11H17N3O4/c1-4-5-14-9(12-7-13-14)6-8(10(15)17-2)11(16)18-3/h7-8H,4-6H2,1-3H3. The van der Waals surface area contributed by atoms with E-state index in [0.717, 1.165) is 6.42 Å². The summed E-state index contributed by atoms with van der Waals surface area (Å²) in [5.74, 6) is -1.70. The van der Waals surface area contributed by atoms with Gasteiger partial charge in [0.05, 0.1) is 14.2 Å². The average molecular weight is 255 g/mol. The van der Waals surface area contributed by atoms with Crippen LogP contribution in [0.15, 0.2) is 6.33 Å².